The van der Waals surface area contributed by atoms with Crippen LogP contribution in [0, 0.1) is 0 Å². The maximum atomic E-state index is 6.56. The number of hydrogen-bond donors (Lipinski definition) is 1. The summed E-state index contributed by atoms with van der Waals surface area (Å²) in [6.45, 7) is 0. The normalized spacial score (nSPS) is 14.5. The first kappa shape index (κ1) is 29.2. The second-order valence-electron chi connectivity index (χ2n) is 13.0. The van der Waals surface area contributed by atoms with Crippen LogP contribution >= 0.6 is 0 Å². The highest BCUT2D eigenvalue weighted by Crippen LogP contribution is 2.38. The Bertz CT molecular complexity index is 2830. The van der Waals surface area contributed by atoms with Crippen LogP contribution in [0.3, 0.4) is 0 Å². The highest BCUT2D eigenvalue weighted by molar-refractivity contribution is 6.24. The summed E-state index contributed by atoms with van der Waals surface area (Å²) in [5, 5.41) is 10.5. The molecule has 1 aliphatic rings. The smallest absolute Gasteiger partial charge is 0.160 e. The molecule has 10 rings (SSSR count). The van der Waals surface area contributed by atoms with Crippen molar-refractivity contribution in [2.45, 2.75) is 6.17 Å². The van der Waals surface area contributed by atoms with E-state index in [1.165, 1.54) is 21.9 Å². The molecule has 1 aromatic heterocycles. The molecule has 0 amide bonds. The Labute approximate surface area is 295 Å². The summed E-state index contributed by atoms with van der Waals surface area (Å²) in [6.07, 6.45) is -0.348. The molecule has 1 unspecified atom stereocenters. The van der Waals surface area contributed by atoms with Gasteiger partial charge in [0.05, 0.1) is 0 Å². The molecule has 51 heavy (non-hydrogen) atoms. The summed E-state index contributed by atoms with van der Waals surface area (Å²) < 4.78 is 6.56. The van der Waals surface area contributed by atoms with Crippen LogP contribution in [-0.2, 0) is 0 Å². The lowest BCUT2D eigenvalue weighted by atomic mass is 9.94. The van der Waals surface area contributed by atoms with Crippen LogP contribution in [0.4, 0.5) is 0 Å². The molecule has 0 spiro atoms. The van der Waals surface area contributed by atoms with Gasteiger partial charge in [-0.05, 0) is 79.7 Å². The van der Waals surface area contributed by atoms with Gasteiger partial charge in [0, 0.05) is 21.9 Å². The number of aliphatic imine (C=N–C) groups is 2. The van der Waals surface area contributed by atoms with Crippen LogP contribution in [0.25, 0.3) is 65.7 Å². The van der Waals surface area contributed by atoms with Gasteiger partial charge >= 0.3 is 0 Å². The average molecular weight is 654 g/mol. The predicted octanol–water partition coefficient (Wildman–Crippen LogP) is 11.7. The molecular formula is C47H31N3O. The SMILES string of the molecule is c1ccc(-c2ccc(C3=NC(c4ccccc4)NC(c4cc(-c5ccc6ccccc6c5)cc5oc6ccccc6c45)=N3)c3ccccc23)cc1. The molecule has 9 aromatic rings. The highest BCUT2D eigenvalue weighted by atomic mass is 16.3. The number of hydrogen-bond acceptors (Lipinski definition) is 4. The second kappa shape index (κ2) is 12.0. The van der Waals surface area contributed by atoms with Crippen molar-refractivity contribution in [1.29, 1.82) is 0 Å². The van der Waals surface area contributed by atoms with E-state index >= 15 is 0 Å². The van der Waals surface area contributed by atoms with Gasteiger partial charge in [-0.2, -0.15) is 0 Å². The van der Waals surface area contributed by atoms with E-state index in [1.54, 1.807) is 0 Å². The molecule has 2 heterocycles. The van der Waals surface area contributed by atoms with E-state index in [0.717, 1.165) is 66.4 Å². The molecular weight excluding hydrogens is 623 g/mol. The zero-order valence-electron chi connectivity index (χ0n) is 27.6. The maximum Gasteiger partial charge on any atom is 0.160 e. The minimum atomic E-state index is -0.348. The van der Waals surface area contributed by atoms with Gasteiger partial charge in [-0.1, -0.05) is 146 Å². The van der Waals surface area contributed by atoms with Crippen molar-refractivity contribution < 1.29 is 4.42 Å². The van der Waals surface area contributed by atoms with Crippen LogP contribution in [0.15, 0.2) is 190 Å². The third-order valence-electron chi connectivity index (χ3n) is 9.92. The zero-order chi connectivity index (χ0) is 33.7. The van der Waals surface area contributed by atoms with Crippen molar-refractivity contribution in [1.82, 2.24) is 5.32 Å². The molecule has 4 heteroatoms. The van der Waals surface area contributed by atoms with Gasteiger partial charge in [-0.25, -0.2) is 9.98 Å². The lowest BCUT2D eigenvalue weighted by Crippen LogP contribution is -2.33. The maximum absolute atomic E-state index is 6.56. The summed E-state index contributed by atoms with van der Waals surface area (Å²) in [6, 6.07) is 61.6. The number of nitrogens with one attached hydrogen (secondary N) is 1. The fourth-order valence-electron chi connectivity index (χ4n) is 7.45. The molecule has 0 bridgehead atoms. The standard InChI is InChI=1S/C47H31N3O/c1-3-14-31(15-4-1)36-25-26-39(38-20-10-9-19-37(36)38)46-48-45(32-16-5-2-6-17-32)49-47(50-46)41-28-35(34-24-23-30-13-7-8-18-33(30)27-34)29-43-44(41)40-21-11-12-22-42(40)51-43/h1-29,45H,(H,48,49,50). The fraction of sp³-hybridized carbons (Fsp3) is 0.0213. The van der Waals surface area contributed by atoms with E-state index in [1.807, 2.05) is 18.2 Å². The molecule has 0 radical (unpaired) electrons. The van der Waals surface area contributed by atoms with Crippen LogP contribution in [0.2, 0.25) is 0 Å². The number of furan rings is 1. The number of nitrogens with zero attached hydrogens (tertiary/aromatic N) is 2. The van der Waals surface area contributed by atoms with Gasteiger partial charge in [0.1, 0.15) is 23.2 Å². The number of para-hydroxylation sites is 1. The van der Waals surface area contributed by atoms with Gasteiger partial charge in [-0.3, -0.25) is 0 Å². The number of rotatable bonds is 5. The minimum absolute atomic E-state index is 0.348. The van der Waals surface area contributed by atoms with Crippen LogP contribution in [0.5, 0.6) is 0 Å². The number of fused-ring (bicyclic) bond motifs is 5. The molecule has 1 N–H and O–H groups in total. The van der Waals surface area contributed by atoms with Crippen molar-refractivity contribution in [2.75, 3.05) is 0 Å². The van der Waals surface area contributed by atoms with Crippen molar-refractivity contribution in [3.05, 3.63) is 193 Å². The number of benzene rings is 8. The van der Waals surface area contributed by atoms with Crippen molar-refractivity contribution >= 4 is 55.2 Å². The quantitative estimate of drug-likeness (QED) is 0.201. The predicted molar refractivity (Wildman–Crippen MR) is 211 cm³/mol. The first-order valence-electron chi connectivity index (χ1n) is 17.3. The van der Waals surface area contributed by atoms with E-state index in [-0.39, 0.29) is 6.17 Å². The second-order valence-corrected chi connectivity index (χ2v) is 13.0. The van der Waals surface area contributed by atoms with Gasteiger partial charge in [0.15, 0.2) is 5.84 Å². The van der Waals surface area contributed by atoms with Gasteiger partial charge < -0.3 is 9.73 Å². The fourth-order valence-corrected chi connectivity index (χ4v) is 7.45. The summed E-state index contributed by atoms with van der Waals surface area (Å²) in [4.78, 5) is 10.7. The third-order valence-corrected chi connectivity index (χ3v) is 9.92. The molecule has 0 saturated heterocycles. The first-order chi connectivity index (χ1) is 25.3. The van der Waals surface area contributed by atoms with E-state index in [0.29, 0.717) is 5.84 Å². The molecule has 8 aromatic carbocycles. The Morgan fingerprint density at radius 3 is 1.94 bits per heavy atom. The van der Waals surface area contributed by atoms with E-state index in [2.05, 4.69) is 163 Å². The van der Waals surface area contributed by atoms with E-state index < -0.39 is 0 Å². The molecule has 240 valence electrons. The van der Waals surface area contributed by atoms with Gasteiger partial charge in [0.25, 0.3) is 0 Å². The molecule has 1 aliphatic heterocycles. The van der Waals surface area contributed by atoms with Gasteiger partial charge in [0.2, 0.25) is 0 Å². The Morgan fingerprint density at radius 1 is 0.451 bits per heavy atom. The first-order valence-corrected chi connectivity index (χ1v) is 17.3. The molecule has 0 aliphatic carbocycles. The largest absolute Gasteiger partial charge is 0.456 e. The van der Waals surface area contributed by atoms with Crippen LogP contribution in [-0.4, -0.2) is 11.7 Å². The van der Waals surface area contributed by atoms with Gasteiger partial charge in [-0.15, -0.1) is 0 Å². The summed E-state index contributed by atoms with van der Waals surface area (Å²) in [7, 11) is 0. The number of amidine groups is 2. The molecule has 0 fully saturated rings. The summed E-state index contributed by atoms with van der Waals surface area (Å²) in [5.41, 5.74) is 9.22. The van der Waals surface area contributed by atoms with E-state index in [4.69, 9.17) is 14.4 Å². The lowest BCUT2D eigenvalue weighted by Gasteiger charge is -2.25. The van der Waals surface area contributed by atoms with E-state index in [9.17, 15) is 0 Å². The van der Waals surface area contributed by atoms with Crippen LogP contribution in [0.1, 0.15) is 22.9 Å². The molecule has 1 atom stereocenters. The third kappa shape index (κ3) is 5.08. The Hall–Kier alpha value is -6.78. The Morgan fingerprint density at radius 2 is 1.12 bits per heavy atom. The monoisotopic (exact) mass is 653 g/mol. The topological polar surface area (TPSA) is 49.9 Å². The summed E-state index contributed by atoms with van der Waals surface area (Å²) >= 11 is 0. The Balaban J connectivity index is 1.21. The van der Waals surface area contributed by atoms with Crippen molar-refractivity contribution in [3.8, 4) is 22.3 Å². The zero-order valence-corrected chi connectivity index (χ0v) is 27.6. The minimum Gasteiger partial charge on any atom is -0.456 e. The average Bonchev–Trinajstić information content (AvgIpc) is 3.59. The molecule has 4 nitrogen and oxygen atoms in total. The Kier molecular flexibility index (Phi) is 6.85. The van der Waals surface area contributed by atoms with Crippen molar-refractivity contribution in [3.63, 3.8) is 0 Å². The van der Waals surface area contributed by atoms with Crippen molar-refractivity contribution in [2.24, 2.45) is 9.98 Å². The molecule has 0 saturated carbocycles. The highest BCUT2D eigenvalue weighted by Gasteiger charge is 2.26. The van der Waals surface area contributed by atoms with Crippen LogP contribution < -0.4 is 5.32 Å². The lowest BCUT2D eigenvalue weighted by molar-refractivity contribution is 0.668. The summed E-state index contributed by atoms with van der Waals surface area (Å²) in [5.74, 6) is 1.44.